The summed E-state index contributed by atoms with van der Waals surface area (Å²) in [5.74, 6) is 0.0864. The highest BCUT2D eigenvalue weighted by molar-refractivity contribution is 9.10. The minimum Gasteiger partial charge on any atom is -0.398 e. The van der Waals surface area contributed by atoms with Crippen molar-refractivity contribution in [3.63, 3.8) is 0 Å². The highest BCUT2D eigenvalue weighted by atomic mass is 79.9. The highest BCUT2D eigenvalue weighted by Crippen LogP contribution is 2.27. The van der Waals surface area contributed by atoms with Crippen LogP contribution in [0.15, 0.2) is 22.7 Å². The molecular formula is C12H18BrNO2S. The van der Waals surface area contributed by atoms with Gasteiger partial charge in [0.05, 0.1) is 11.0 Å². The van der Waals surface area contributed by atoms with Crippen LogP contribution < -0.4 is 5.73 Å². The van der Waals surface area contributed by atoms with Crippen LogP contribution in [-0.2, 0) is 15.6 Å². The number of halogens is 1. The first-order valence-corrected chi connectivity index (χ1v) is 8.01. The Labute approximate surface area is 111 Å². The Bertz CT molecular complexity index is 477. The molecule has 1 unspecified atom stereocenters. The van der Waals surface area contributed by atoms with Crippen molar-refractivity contribution >= 4 is 31.5 Å². The van der Waals surface area contributed by atoms with Crippen molar-refractivity contribution in [1.29, 1.82) is 0 Å². The molecule has 0 aliphatic carbocycles. The van der Waals surface area contributed by atoms with Gasteiger partial charge in [0, 0.05) is 15.7 Å². The fraction of sp³-hybridized carbons (Fsp3) is 0.500. The minimum absolute atomic E-state index is 0.0143. The number of sulfone groups is 1. The first kappa shape index (κ1) is 14.5. The van der Waals surface area contributed by atoms with Crippen LogP contribution in [0, 0.1) is 5.92 Å². The van der Waals surface area contributed by atoms with Crippen LogP contribution in [0.25, 0.3) is 0 Å². The third-order valence-corrected chi connectivity index (χ3v) is 6.12. The van der Waals surface area contributed by atoms with Crippen LogP contribution in [0.4, 0.5) is 5.69 Å². The monoisotopic (exact) mass is 319 g/mol. The molecule has 0 aliphatic heterocycles. The lowest BCUT2D eigenvalue weighted by molar-refractivity contribution is 0.545. The number of hydrogen-bond acceptors (Lipinski definition) is 3. The third kappa shape index (κ3) is 3.45. The van der Waals surface area contributed by atoms with E-state index in [0.717, 1.165) is 4.47 Å². The zero-order valence-electron chi connectivity index (χ0n) is 10.3. The van der Waals surface area contributed by atoms with Crippen molar-refractivity contribution in [3.05, 3.63) is 28.2 Å². The van der Waals surface area contributed by atoms with Crippen molar-refractivity contribution < 1.29 is 8.42 Å². The Morgan fingerprint density at radius 1 is 1.29 bits per heavy atom. The zero-order chi connectivity index (χ0) is 13.2. The quantitative estimate of drug-likeness (QED) is 0.868. The van der Waals surface area contributed by atoms with E-state index in [4.69, 9.17) is 5.73 Å². The number of rotatable bonds is 4. The van der Waals surface area contributed by atoms with Gasteiger partial charge in [0.2, 0.25) is 0 Å². The SMILES string of the molecule is CC(C)C(C)S(=O)(=O)Cc1c(N)cccc1Br. The van der Waals surface area contributed by atoms with Gasteiger partial charge in [-0.2, -0.15) is 0 Å². The Morgan fingerprint density at radius 3 is 2.35 bits per heavy atom. The summed E-state index contributed by atoms with van der Waals surface area (Å²) in [6, 6.07) is 5.32. The first-order chi connectivity index (χ1) is 7.75. The van der Waals surface area contributed by atoms with Crippen molar-refractivity contribution in [2.75, 3.05) is 5.73 Å². The van der Waals surface area contributed by atoms with Crippen LogP contribution in [-0.4, -0.2) is 13.7 Å². The number of nitrogen functional groups attached to an aromatic ring is 1. The van der Waals surface area contributed by atoms with E-state index in [-0.39, 0.29) is 16.9 Å². The lowest BCUT2D eigenvalue weighted by Gasteiger charge is -2.17. The van der Waals surface area contributed by atoms with E-state index in [0.29, 0.717) is 11.3 Å². The highest BCUT2D eigenvalue weighted by Gasteiger charge is 2.25. The fourth-order valence-electron chi connectivity index (χ4n) is 1.47. The summed E-state index contributed by atoms with van der Waals surface area (Å²) in [5.41, 5.74) is 6.98. The molecule has 0 radical (unpaired) electrons. The van der Waals surface area contributed by atoms with E-state index in [9.17, 15) is 8.42 Å². The summed E-state index contributed by atoms with van der Waals surface area (Å²) in [6.45, 7) is 5.56. The van der Waals surface area contributed by atoms with Crippen molar-refractivity contribution in [1.82, 2.24) is 0 Å². The molecule has 0 aliphatic rings. The molecule has 96 valence electrons. The Morgan fingerprint density at radius 2 is 1.88 bits per heavy atom. The maximum absolute atomic E-state index is 12.2. The molecule has 0 heterocycles. The summed E-state index contributed by atoms with van der Waals surface area (Å²) >= 11 is 3.34. The van der Waals surface area contributed by atoms with Gasteiger partial charge in [0.15, 0.2) is 9.84 Å². The number of hydrogen-bond donors (Lipinski definition) is 1. The Kier molecular flexibility index (Phi) is 4.61. The molecule has 2 N–H and O–H groups in total. The van der Waals surface area contributed by atoms with Crippen LogP contribution >= 0.6 is 15.9 Å². The summed E-state index contributed by atoms with van der Waals surface area (Å²) in [7, 11) is -3.17. The number of anilines is 1. The van der Waals surface area contributed by atoms with Gasteiger partial charge >= 0.3 is 0 Å². The largest absolute Gasteiger partial charge is 0.398 e. The van der Waals surface area contributed by atoms with Crippen LogP contribution in [0.2, 0.25) is 0 Å². The second-order valence-corrected chi connectivity index (χ2v) is 7.78. The third-order valence-electron chi connectivity index (χ3n) is 3.01. The van der Waals surface area contributed by atoms with Crippen LogP contribution in [0.1, 0.15) is 26.3 Å². The molecule has 0 aromatic heterocycles. The summed E-state index contributed by atoms with van der Waals surface area (Å²) < 4.78 is 25.1. The molecule has 1 atom stereocenters. The average Bonchev–Trinajstić information content (AvgIpc) is 2.22. The molecule has 1 rings (SSSR count). The molecule has 1 aromatic rings. The Balaban J connectivity index is 3.07. The smallest absolute Gasteiger partial charge is 0.157 e. The fourth-order valence-corrected chi connectivity index (χ4v) is 4.00. The van der Waals surface area contributed by atoms with Crippen molar-refractivity contribution in [3.8, 4) is 0 Å². The van der Waals surface area contributed by atoms with E-state index >= 15 is 0 Å². The molecule has 0 fully saturated rings. The second kappa shape index (κ2) is 5.40. The van der Waals surface area contributed by atoms with Gasteiger partial charge in [-0.25, -0.2) is 8.42 Å². The lowest BCUT2D eigenvalue weighted by atomic mass is 10.2. The van der Waals surface area contributed by atoms with Crippen molar-refractivity contribution in [2.45, 2.75) is 31.8 Å². The first-order valence-electron chi connectivity index (χ1n) is 5.50. The van der Waals surface area contributed by atoms with Crippen molar-refractivity contribution in [2.24, 2.45) is 5.92 Å². The number of nitrogens with two attached hydrogens (primary N) is 1. The van der Waals surface area contributed by atoms with E-state index < -0.39 is 9.84 Å². The maximum Gasteiger partial charge on any atom is 0.157 e. The van der Waals surface area contributed by atoms with Gasteiger partial charge in [-0.1, -0.05) is 35.8 Å². The number of benzene rings is 1. The van der Waals surface area contributed by atoms with E-state index in [1.54, 1.807) is 25.1 Å². The average molecular weight is 320 g/mol. The van der Waals surface area contributed by atoms with E-state index in [1.165, 1.54) is 0 Å². The maximum atomic E-state index is 12.2. The molecular weight excluding hydrogens is 302 g/mol. The van der Waals surface area contributed by atoms with Gasteiger partial charge in [0.25, 0.3) is 0 Å². The van der Waals surface area contributed by atoms with Gasteiger partial charge in [-0.05, 0) is 25.0 Å². The molecule has 1 aromatic carbocycles. The predicted molar refractivity (Wildman–Crippen MR) is 75.5 cm³/mol. The van der Waals surface area contributed by atoms with Crippen LogP contribution in [0.5, 0.6) is 0 Å². The zero-order valence-corrected chi connectivity index (χ0v) is 12.7. The Hall–Kier alpha value is -0.550. The summed E-state index contributed by atoms with van der Waals surface area (Å²) in [6.07, 6.45) is 0. The summed E-state index contributed by atoms with van der Waals surface area (Å²) in [4.78, 5) is 0. The summed E-state index contributed by atoms with van der Waals surface area (Å²) in [5, 5.41) is -0.367. The predicted octanol–water partition coefficient (Wildman–Crippen LogP) is 2.99. The molecule has 3 nitrogen and oxygen atoms in total. The molecule has 0 saturated carbocycles. The van der Waals surface area contributed by atoms with Crippen LogP contribution in [0.3, 0.4) is 0 Å². The molecule has 0 saturated heterocycles. The van der Waals surface area contributed by atoms with E-state index in [2.05, 4.69) is 15.9 Å². The second-order valence-electron chi connectivity index (χ2n) is 4.56. The van der Waals surface area contributed by atoms with Gasteiger partial charge in [-0.15, -0.1) is 0 Å². The topological polar surface area (TPSA) is 60.2 Å². The van der Waals surface area contributed by atoms with Gasteiger partial charge < -0.3 is 5.73 Å². The molecule has 0 spiro atoms. The lowest BCUT2D eigenvalue weighted by Crippen LogP contribution is -2.25. The standard InChI is InChI=1S/C12H18BrNO2S/c1-8(2)9(3)17(15,16)7-10-11(13)5-4-6-12(10)14/h4-6,8-9H,7,14H2,1-3H3. The van der Waals surface area contributed by atoms with Gasteiger partial charge in [-0.3, -0.25) is 0 Å². The van der Waals surface area contributed by atoms with Gasteiger partial charge in [0.1, 0.15) is 0 Å². The normalized spacial score (nSPS) is 13.9. The molecule has 0 amide bonds. The molecule has 5 heteroatoms. The molecule has 17 heavy (non-hydrogen) atoms. The van der Waals surface area contributed by atoms with E-state index in [1.807, 2.05) is 13.8 Å². The minimum atomic E-state index is -3.17. The molecule has 0 bridgehead atoms.